The van der Waals surface area contributed by atoms with Gasteiger partial charge in [-0.15, -0.1) is 0 Å². The lowest BCUT2D eigenvalue weighted by molar-refractivity contribution is -0.137. The van der Waals surface area contributed by atoms with Crippen LogP contribution in [-0.4, -0.2) is 26.8 Å². The molecule has 36 heavy (non-hydrogen) atoms. The third-order valence-corrected chi connectivity index (χ3v) is 6.96. The van der Waals surface area contributed by atoms with Gasteiger partial charge in [-0.1, -0.05) is 40.2 Å². The zero-order valence-corrected chi connectivity index (χ0v) is 21.6. The van der Waals surface area contributed by atoms with Crippen LogP contribution in [0.25, 0.3) is 11.1 Å². The number of amides is 1. The average Bonchev–Trinajstić information content (AvgIpc) is 2.83. The van der Waals surface area contributed by atoms with Crippen molar-refractivity contribution in [1.82, 2.24) is 0 Å². The van der Waals surface area contributed by atoms with Gasteiger partial charge in [-0.3, -0.25) is 4.79 Å². The number of carbonyl (C=O) groups excluding carboxylic acids is 1. The molecule has 11 heteroatoms. The second-order valence-electron chi connectivity index (χ2n) is 7.93. The van der Waals surface area contributed by atoms with E-state index in [9.17, 15) is 26.4 Å². The molecule has 0 atom stereocenters. The van der Waals surface area contributed by atoms with Gasteiger partial charge in [0.2, 0.25) is 10.0 Å². The number of unbranched alkanes of at least 4 members (excludes halogenated alkanes) is 1. The molecular formula is C25H24BrF3N2O4S. The van der Waals surface area contributed by atoms with Gasteiger partial charge in [0.25, 0.3) is 5.91 Å². The molecule has 3 rings (SSSR count). The summed E-state index contributed by atoms with van der Waals surface area (Å²) in [6, 6.07) is 13.9. The van der Waals surface area contributed by atoms with Gasteiger partial charge in [0, 0.05) is 16.6 Å². The summed E-state index contributed by atoms with van der Waals surface area (Å²) in [6.07, 6.45) is -2.45. The number of primary sulfonamides is 1. The summed E-state index contributed by atoms with van der Waals surface area (Å²) in [5.74, 6) is -0.635. The number of benzene rings is 3. The van der Waals surface area contributed by atoms with Gasteiger partial charge in [0.15, 0.2) is 0 Å². The molecule has 0 unspecified atom stereocenters. The number of halogens is 4. The van der Waals surface area contributed by atoms with Gasteiger partial charge >= 0.3 is 6.18 Å². The highest BCUT2D eigenvalue weighted by molar-refractivity contribution is 9.09. The van der Waals surface area contributed by atoms with Gasteiger partial charge in [-0.2, -0.15) is 13.2 Å². The molecule has 0 aliphatic rings. The highest BCUT2D eigenvalue weighted by Gasteiger charge is 2.33. The molecule has 0 saturated carbocycles. The fraction of sp³-hybridized carbons (Fsp3) is 0.240. The number of rotatable bonds is 9. The van der Waals surface area contributed by atoms with E-state index in [-0.39, 0.29) is 21.8 Å². The number of hydrogen-bond donors (Lipinski definition) is 2. The van der Waals surface area contributed by atoms with E-state index in [1.807, 2.05) is 0 Å². The Bertz CT molecular complexity index is 1360. The van der Waals surface area contributed by atoms with Crippen molar-refractivity contribution in [1.29, 1.82) is 0 Å². The molecule has 0 radical (unpaired) electrons. The van der Waals surface area contributed by atoms with Crippen molar-refractivity contribution in [3.8, 4) is 16.9 Å². The average molecular weight is 585 g/mol. The number of ether oxygens (including phenoxy) is 1. The first-order valence-corrected chi connectivity index (χ1v) is 13.5. The number of anilines is 1. The van der Waals surface area contributed by atoms with Crippen molar-refractivity contribution in [3.05, 3.63) is 77.4 Å². The molecule has 0 aliphatic carbocycles. The number of hydrogen-bond acceptors (Lipinski definition) is 4. The molecule has 0 bridgehead atoms. The fourth-order valence-electron chi connectivity index (χ4n) is 3.76. The van der Waals surface area contributed by atoms with E-state index >= 15 is 0 Å². The van der Waals surface area contributed by atoms with Gasteiger partial charge in [-0.05, 0) is 72.4 Å². The van der Waals surface area contributed by atoms with Gasteiger partial charge in [-0.25, -0.2) is 13.6 Å². The number of aryl methyl sites for hydroxylation is 1. The zero-order chi connectivity index (χ0) is 26.5. The lowest BCUT2D eigenvalue weighted by atomic mass is 9.92. The summed E-state index contributed by atoms with van der Waals surface area (Å²) in [7, 11) is -2.80. The topological polar surface area (TPSA) is 98.5 Å². The normalized spacial score (nSPS) is 11.8. The molecule has 6 nitrogen and oxygen atoms in total. The first kappa shape index (κ1) is 27.7. The van der Waals surface area contributed by atoms with Crippen LogP contribution in [0.1, 0.15) is 34.3 Å². The van der Waals surface area contributed by atoms with Crippen LogP contribution in [0.15, 0.2) is 65.6 Å². The van der Waals surface area contributed by atoms with Crippen LogP contribution in [0.2, 0.25) is 0 Å². The maximum Gasteiger partial charge on any atom is 0.417 e. The summed E-state index contributed by atoms with van der Waals surface area (Å²) in [5, 5.41) is 8.64. The van der Waals surface area contributed by atoms with Crippen molar-refractivity contribution in [2.75, 3.05) is 17.8 Å². The summed E-state index contributed by atoms with van der Waals surface area (Å²) in [4.78, 5) is 12.6. The first-order valence-electron chi connectivity index (χ1n) is 10.8. The maximum atomic E-state index is 13.7. The van der Waals surface area contributed by atoms with E-state index in [2.05, 4.69) is 21.2 Å². The van der Waals surface area contributed by atoms with Crippen LogP contribution in [0.4, 0.5) is 18.9 Å². The fourth-order valence-corrected chi connectivity index (χ4v) is 4.84. The van der Waals surface area contributed by atoms with Crippen LogP contribution in [0, 0.1) is 0 Å². The molecule has 0 spiro atoms. The standard InChI is InChI=1S/C25H24BrF3N2O4S/c1-35-22-15-17(9-12-23(22)36(30,33)34)24(32)31-18-10-11-19(16(14-18)6-4-5-13-26)20-7-2-3-8-21(20)25(27,28)29/h2-3,7-12,14-15H,4-6,13H2,1H3,(H,31,32)(H2,30,33,34). The van der Waals surface area contributed by atoms with Crippen molar-refractivity contribution >= 4 is 37.5 Å². The second kappa shape index (κ2) is 11.4. The highest BCUT2D eigenvalue weighted by Crippen LogP contribution is 2.39. The van der Waals surface area contributed by atoms with E-state index in [0.29, 0.717) is 23.2 Å². The van der Waals surface area contributed by atoms with Crippen molar-refractivity contribution in [3.63, 3.8) is 0 Å². The van der Waals surface area contributed by atoms with Crippen LogP contribution in [-0.2, 0) is 22.6 Å². The quantitative estimate of drug-likeness (QED) is 0.238. The Morgan fingerprint density at radius 1 is 1.03 bits per heavy atom. The highest BCUT2D eigenvalue weighted by atomic mass is 79.9. The minimum Gasteiger partial charge on any atom is -0.495 e. The SMILES string of the molecule is COc1cc(C(=O)Nc2ccc(-c3ccccc3C(F)(F)F)c(CCCCBr)c2)ccc1S(N)(=O)=O. The van der Waals surface area contributed by atoms with Crippen LogP contribution < -0.4 is 15.2 Å². The third kappa shape index (κ3) is 6.65. The van der Waals surface area contributed by atoms with E-state index in [1.165, 1.54) is 43.5 Å². The Hall–Kier alpha value is -2.89. The van der Waals surface area contributed by atoms with Crippen molar-refractivity contribution in [2.45, 2.75) is 30.3 Å². The Morgan fingerprint density at radius 2 is 1.75 bits per heavy atom. The van der Waals surface area contributed by atoms with E-state index in [1.54, 1.807) is 18.2 Å². The minimum absolute atomic E-state index is 0.0695. The Balaban J connectivity index is 1.97. The second-order valence-corrected chi connectivity index (χ2v) is 10.2. The van der Waals surface area contributed by atoms with Gasteiger partial charge < -0.3 is 10.1 Å². The molecule has 3 aromatic rings. The molecule has 1 amide bonds. The number of alkyl halides is 4. The zero-order valence-electron chi connectivity index (χ0n) is 19.2. The molecule has 0 aliphatic heterocycles. The van der Waals surface area contributed by atoms with Crippen LogP contribution in [0.5, 0.6) is 5.75 Å². The number of methoxy groups -OCH3 is 1. The van der Waals surface area contributed by atoms with Crippen molar-refractivity contribution in [2.24, 2.45) is 5.14 Å². The Kier molecular flexibility index (Phi) is 8.80. The van der Waals surface area contributed by atoms with Gasteiger partial charge in [0.1, 0.15) is 10.6 Å². The summed E-state index contributed by atoms with van der Waals surface area (Å²) >= 11 is 3.36. The lowest BCUT2D eigenvalue weighted by Gasteiger charge is -2.17. The summed E-state index contributed by atoms with van der Waals surface area (Å²) in [5.41, 5.74) is 0.941. The molecule has 192 valence electrons. The third-order valence-electron chi connectivity index (χ3n) is 5.45. The Morgan fingerprint density at radius 3 is 2.39 bits per heavy atom. The van der Waals surface area contributed by atoms with Crippen LogP contribution >= 0.6 is 15.9 Å². The Labute approximate surface area is 215 Å². The van der Waals surface area contributed by atoms with E-state index in [0.717, 1.165) is 24.2 Å². The smallest absolute Gasteiger partial charge is 0.417 e. The predicted octanol–water partition coefficient (Wildman–Crippen LogP) is 6.00. The van der Waals surface area contributed by atoms with Crippen LogP contribution in [0.3, 0.4) is 0 Å². The number of sulfonamides is 1. The summed E-state index contributed by atoms with van der Waals surface area (Å²) < 4.78 is 69.4. The van der Waals surface area contributed by atoms with E-state index < -0.39 is 27.7 Å². The summed E-state index contributed by atoms with van der Waals surface area (Å²) in [6.45, 7) is 0. The predicted molar refractivity (Wildman–Crippen MR) is 136 cm³/mol. The maximum absolute atomic E-state index is 13.7. The molecular weight excluding hydrogens is 561 g/mol. The molecule has 0 aromatic heterocycles. The van der Waals surface area contributed by atoms with Crippen molar-refractivity contribution < 1.29 is 31.1 Å². The minimum atomic E-state index is -4.52. The number of nitrogens with one attached hydrogen (secondary N) is 1. The largest absolute Gasteiger partial charge is 0.495 e. The molecule has 0 heterocycles. The monoisotopic (exact) mass is 584 g/mol. The molecule has 3 aromatic carbocycles. The van der Waals surface area contributed by atoms with E-state index in [4.69, 9.17) is 9.88 Å². The lowest BCUT2D eigenvalue weighted by Crippen LogP contribution is -2.16. The molecule has 0 fully saturated rings. The van der Waals surface area contributed by atoms with Gasteiger partial charge in [0.05, 0.1) is 12.7 Å². The molecule has 0 saturated heterocycles. The number of nitrogens with two attached hydrogens (primary N) is 1. The first-order chi connectivity index (χ1) is 17.0. The molecule has 3 N–H and O–H groups in total. The number of carbonyl (C=O) groups is 1.